The molecule has 0 saturated carbocycles. The summed E-state index contributed by atoms with van der Waals surface area (Å²) in [6.45, 7) is 0. The molecule has 6 heteroatoms. The van der Waals surface area contributed by atoms with Crippen molar-refractivity contribution >= 4 is 49.8 Å². The molecule has 0 spiro atoms. The Bertz CT molecular complexity index is 484. The number of rotatable bonds is 3. The number of hydrogen-bond acceptors (Lipinski definition) is 3. The number of carbonyl (C=O) groups excluding carboxylic acids is 1. The summed E-state index contributed by atoms with van der Waals surface area (Å²) < 4.78 is 21.3. The fraction of sp³-hybridized carbons (Fsp3) is 0.222. The monoisotopic (exact) mass is 358 g/mol. The lowest BCUT2D eigenvalue weighted by molar-refractivity contribution is 0.101. The summed E-state index contributed by atoms with van der Waals surface area (Å²) in [5.41, 5.74) is 0.312. The van der Waals surface area contributed by atoms with E-state index in [1.807, 2.05) is 0 Å². The van der Waals surface area contributed by atoms with Crippen LogP contribution in [0.15, 0.2) is 24.3 Å². The molecule has 0 aromatic heterocycles. The van der Waals surface area contributed by atoms with Gasteiger partial charge in [0, 0.05) is 16.8 Å². The summed E-state index contributed by atoms with van der Waals surface area (Å²) in [6, 6.07) is 6.24. The Balaban J connectivity index is 3.06. The first-order valence-electron chi connectivity index (χ1n) is 3.95. The number of sulfone groups is 1. The predicted molar refractivity (Wildman–Crippen MR) is 68.4 cm³/mol. The van der Waals surface area contributed by atoms with Crippen LogP contribution in [-0.2, 0) is 9.84 Å². The highest BCUT2D eigenvalue weighted by Crippen LogP contribution is 2.18. The molecule has 0 aliphatic heterocycles. The highest BCUT2D eigenvalue weighted by molar-refractivity contribution is 14.1. The number of Topliss-reactive ketones (excluding diaryl/α,β-unsaturated/α-hetero) is 1. The minimum Gasteiger partial charge on any atom is -0.292 e. The molecule has 0 aliphatic carbocycles. The molecule has 0 fully saturated rings. The first-order chi connectivity index (χ1) is 6.82. The molecule has 1 aromatic carbocycles. The third kappa shape index (κ3) is 3.42. The van der Waals surface area contributed by atoms with Gasteiger partial charge in [0.1, 0.15) is 0 Å². The second kappa shape index (κ2) is 4.80. The van der Waals surface area contributed by atoms with Crippen molar-refractivity contribution in [3.05, 3.63) is 34.9 Å². The number of hydrogen-bond donors (Lipinski definition) is 0. The van der Waals surface area contributed by atoms with Gasteiger partial charge in [-0.15, -0.1) is 0 Å². The summed E-state index contributed by atoms with van der Waals surface area (Å²) >= 11 is 7.31. The zero-order valence-electron chi connectivity index (χ0n) is 7.78. The van der Waals surface area contributed by atoms with E-state index in [2.05, 4.69) is 0 Å². The van der Waals surface area contributed by atoms with Crippen molar-refractivity contribution < 1.29 is 13.2 Å². The average molecular weight is 359 g/mol. The Hall–Kier alpha value is -0.140. The van der Waals surface area contributed by atoms with Crippen LogP contribution in [0.25, 0.3) is 0 Å². The lowest BCUT2D eigenvalue weighted by Crippen LogP contribution is -2.23. The number of halogens is 2. The molecule has 82 valence electrons. The van der Waals surface area contributed by atoms with E-state index in [9.17, 15) is 13.2 Å². The van der Waals surface area contributed by atoms with E-state index in [-0.39, 0.29) is 0 Å². The van der Waals surface area contributed by atoms with Crippen LogP contribution in [0.2, 0.25) is 5.02 Å². The molecule has 0 aliphatic rings. The molecule has 0 radical (unpaired) electrons. The van der Waals surface area contributed by atoms with Gasteiger partial charge in [0.25, 0.3) is 0 Å². The zero-order chi connectivity index (χ0) is 11.6. The van der Waals surface area contributed by atoms with Gasteiger partial charge in [-0.05, 0) is 12.1 Å². The van der Waals surface area contributed by atoms with Crippen LogP contribution in [0.5, 0.6) is 0 Å². The van der Waals surface area contributed by atoms with Gasteiger partial charge < -0.3 is 0 Å². The number of benzene rings is 1. The normalized spacial score (nSPS) is 13.5. The molecule has 3 nitrogen and oxygen atoms in total. The lowest BCUT2D eigenvalue weighted by atomic mass is 10.1. The van der Waals surface area contributed by atoms with Crippen LogP contribution < -0.4 is 0 Å². The van der Waals surface area contributed by atoms with E-state index >= 15 is 0 Å². The van der Waals surface area contributed by atoms with Gasteiger partial charge in [0.2, 0.25) is 0 Å². The maximum atomic E-state index is 11.7. The van der Waals surface area contributed by atoms with E-state index < -0.39 is 18.9 Å². The zero-order valence-corrected chi connectivity index (χ0v) is 11.5. The van der Waals surface area contributed by atoms with Crippen LogP contribution in [-0.4, -0.2) is 23.7 Å². The molecule has 0 heterocycles. The Labute approximate surface area is 107 Å². The third-order valence-electron chi connectivity index (χ3n) is 1.69. The van der Waals surface area contributed by atoms with E-state index in [0.29, 0.717) is 10.6 Å². The molecule has 0 saturated heterocycles. The average Bonchev–Trinajstić information content (AvgIpc) is 2.14. The second-order valence-corrected chi connectivity index (χ2v) is 7.68. The number of carbonyl (C=O) groups is 1. The maximum absolute atomic E-state index is 11.7. The molecule has 0 bridgehead atoms. The smallest absolute Gasteiger partial charge is 0.190 e. The van der Waals surface area contributed by atoms with Crippen molar-refractivity contribution in [2.45, 2.75) is 3.26 Å². The maximum Gasteiger partial charge on any atom is 0.190 e. The fourth-order valence-electron chi connectivity index (χ4n) is 0.967. The Morgan fingerprint density at radius 3 is 2.53 bits per heavy atom. The lowest BCUT2D eigenvalue weighted by Gasteiger charge is -2.06. The summed E-state index contributed by atoms with van der Waals surface area (Å²) in [5.74, 6) is -0.444. The predicted octanol–water partition coefficient (Wildman–Crippen LogP) is 2.33. The minimum atomic E-state index is -3.37. The van der Waals surface area contributed by atoms with Gasteiger partial charge >= 0.3 is 0 Å². The Morgan fingerprint density at radius 2 is 2.07 bits per heavy atom. The largest absolute Gasteiger partial charge is 0.292 e. The topological polar surface area (TPSA) is 51.2 Å². The second-order valence-electron chi connectivity index (χ2n) is 3.02. The van der Waals surface area contributed by atoms with Crippen molar-refractivity contribution in [3.8, 4) is 0 Å². The molecular formula is C9H8ClIO3S. The van der Waals surface area contributed by atoms with Gasteiger partial charge in [0.05, 0.1) is 0 Å². The number of ketones is 1. The Morgan fingerprint density at radius 1 is 1.47 bits per heavy atom. The van der Waals surface area contributed by atoms with Crippen molar-refractivity contribution in [2.24, 2.45) is 0 Å². The van der Waals surface area contributed by atoms with E-state index in [4.69, 9.17) is 11.6 Å². The van der Waals surface area contributed by atoms with Crippen LogP contribution in [0.4, 0.5) is 0 Å². The third-order valence-corrected chi connectivity index (χ3v) is 6.23. The van der Waals surface area contributed by atoms with E-state index in [1.165, 1.54) is 6.07 Å². The quantitative estimate of drug-likeness (QED) is 0.473. The molecule has 1 rings (SSSR count). The van der Waals surface area contributed by atoms with Crippen LogP contribution in [0.1, 0.15) is 10.4 Å². The summed E-state index contributed by atoms with van der Waals surface area (Å²) in [5, 5.41) is 0.415. The molecule has 1 aromatic rings. The molecule has 0 amide bonds. The van der Waals surface area contributed by atoms with Crippen molar-refractivity contribution in [2.75, 3.05) is 6.26 Å². The van der Waals surface area contributed by atoms with Crippen molar-refractivity contribution in [1.29, 1.82) is 0 Å². The highest BCUT2D eigenvalue weighted by Gasteiger charge is 2.26. The standard InChI is InChI=1S/C9H8ClIO3S/c1-15(13,14)9(11)8(12)6-3-2-4-7(10)5-6/h2-5,9H,1H3/t9-/m1/s1. The van der Waals surface area contributed by atoms with Crippen LogP contribution in [0, 0.1) is 0 Å². The first kappa shape index (κ1) is 12.9. The molecular weight excluding hydrogens is 351 g/mol. The van der Waals surface area contributed by atoms with Gasteiger partial charge in [0.15, 0.2) is 18.9 Å². The molecule has 1 atom stereocenters. The first-order valence-corrected chi connectivity index (χ1v) is 7.53. The summed E-state index contributed by atoms with van der Waals surface area (Å²) in [6.07, 6.45) is 1.03. The summed E-state index contributed by atoms with van der Waals surface area (Å²) in [4.78, 5) is 11.7. The van der Waals surface area contributed by atoms with Crippen molar-refractivity contribution in [1.82, 2.24) is 0 Å². The fourth-order valence-corrected chi connectivity index (χ4v) is 2.04. The minimum absolute atomic E-state index is 0.312. The van der Waals surface area contributed by atoms with Crippen LogP contribution in [0.3, 0.4) is 0 Å². The molecule has 0 unspecified atom stereocenters. The SMILES string of the molecule is CS(=O)(=O)[C@@H](I)C(=O)c1cccc(Cl)c1. The summed E-state index contributed by atoms with van der Waals surface area (Å²) in [7, 11) is -3.37. The van der Waals surface area contributed by atoms with Crippen molar-refractivity contribution in [3.63, 3.8) is 0 Å². The van der Waals surface area contributed by atoms with Crippen LogP contribution >= 0.6 is 34.2 Å². The van der Waals surface area contributed by atoms with Gasteiger partial charge in [-0.3, -0.25) is 4.79 Å². The molecule has 15 heavy (non-hydrogen) atoms. The van der Waals surface area contributed by atoms with Gasteiger partial charge in [-0.2, -0.15) is 0 Å². The number of alkyl halides is 1. The van der Waals surface area contributed by atoms with E-state index in [1.54, 1.807) is 40.8 Å². The van der Waals surface area contributed by atoms with Gasteiger partial charge in [-0.25, -0.2) is 8.42 Å². The highest BCUT2D eigenvalue weighted by atomic mass is 127. The molecule has 0 N–H and O–H groups in total. The van der Waals surface area contributed by atoms with E-state index in [0.717, 1.165) is 6.26 Å². The van der Waals surface area contributed by atoms with Gasteiger partial charge in [-0.1, -0.05) is 46.3 Å². The Kier molecular flexibility index (Phi) is 4.13.